The van der Waals surface area contributed by atoms with Gasteiger partial charge in [0.1, 0.15) is 11.5 Å². The molecule has 2 aromatic rings. The molecule has 1 heterocycles. The van der Waals surface area contributed by atoms with Gasteiger partial charge in [-0.2, -0.15) is 0 Å². The largest absolute Gasteiger partial charge is 0.508 e. The number of aromatic hydroxyl groups is 1. The molecule has 0 radical (unpaired) electrons. The Balaban J connectivity index is 1.90. The molecule has 0 saturated carbocycles. The summed E-state index contributed by atoms with van der Waals surface area (Å²) in [5, 5.41) is 17.8. The summed E-state index contributed by atoms with van der Waals surface area (Å²) in [7, 11) is 0. The quantitative estimate of drug-likeness (QED) is 0.778. The highest BCUT2D eigenvalue weighted by atomic mass is 32.2. The third kappa shape index (κ3) is 3.70. The van der Waals surface area contributed by atoms with E-state index in [-0.39, 0.29) is 16.3 Å². The number of amides is 2. The molecule has 26 heavy (non-hydrogen) atoms. The number of aliphatic carboxylic acids is 1. The number of hydrogen-bond donors (Lipinski definition) is 2. The van der Waals surface area contributed by atoms with Crippen LogP contribution in [0.25, 0.3) is 6.08 Å². The first-order valence-corrected chi connectivity index (χ1v) is 8.28. The smallest absolute Gasteiger partial charge is 0.341 e. The molecule has 2 N–H and O–H groups in total. The van der Waals surface area contributed by atoms with Gasteiger partial charge < -0.3 is 14.9 Å². The minimum Gasteiger partial charge on any atom is -0.508 e. The maximum atomic E-state index is 12.6. The van der Waals surface area contributed by atoms with Crippen molar-refractivity contribution in [2.45, 2.75) is 0 Å². The van der Waals surface area contributed by atoms with Gasteiger partial charge in [-0.05, 0) is 36.0 Å². The fourth-order valence-corrected chi connectivity index (χ4v) is 3.17. The normalized spacial score (nSPS) is 15.5. The van der Waals surface area contributed by atoms with Gasteiger partial charge in [0, 0.05) is 11.6 Å². The highest BCUT2D eigenvalue weighted by Crippen LogP contribution is 2.37. The van der Waals surface area contributed by atoms with E-state index in [2.05, 4.69) is 0 Å². The highest BCUT2D eigenvalue weighted by molar-refractivity contribution is 8.19. The van der Waals surface area contributed by atoms with Crippen LogP contribution in [0.2, 0.25) is 0 Å². The van der Waals surface area contributed by atoms with Crippen LogP contribution in [0.15, 0.2) is 53.4 Å². The Labute approximate surface area is 152 Å². The van der Waals surface area contributed by atoms with Gasteiger partial charge >= 0.3 is 5.97 Å². The summed E-state index contributed by atoms with van der Waals surface area (Å²) in [6.45, 7) is -0.518. The number of thioether (sulfide) groups is 1. The number of phenols is 1. The van der Waals surface area contributed by atoms with E-state index in [1.54, 1.807) is 30.3 Å². The van der Waals surface area contributed by atoms with E-state index in [1.165, 1.54) is 24.3 Å². The minimum atomic E-state index is -1.12. The molecule has 0 aliphatic carbocycles. The second-order valence-electron chi connectivity index (χ2n) is 5.26. The Hall–Kier alpha value is -3.26. The molecule has 0 spiro atoms. The van der Waals surface area contributed by atoms with E-state index >= 15 is 0 Å². The maximum absolute atomic E-state index is 12.6. The van der Waals surface area contributed by atoms with Crippen molar-refractivity contribution in [3.63, 3.8) is 0 Å². The van der Waals surface area contributed by atoms with Crippen LogP contribution >= 0.6 is 11.8 Å². The Bertz CT molecular complexity index is 923. The van der Waals surface area contributed by atoms with Crippen LogP contribution in [0.1, 0.15) is 5.56 Å². The van der Waals surface area contributed by atoms with Crippen molar-refractivity contribution in [3.8, 4) is 11.5 Å². The zero-order valence-electron chi connectivity index (χ0n) is 13.3. The van der Waals surface area contributed by atoms with E-state index in [0.717, 1.165) is 16.7 Å². The van der Waals surface area contributed by atoms with E-state index in [1.807, 2.05) is 0 Å². The number of carbonyl (C=O) groups is 3. The number of carboxylic acid groups (broad SMARTS) is 1. The van der Waals surface area contributed by atoms with Gasteiger partial charge in [0.2, 0.25) is 0 Å². The van der Waals surface area contributed by atoms with Crippen molar-refractivity contribution >= 4 is 40.6 Å². The van der Waals surface area contributed by atoms with Gasteiger partial charge in [-0.25, -0.2) is 9.69 Å². The number of phenolic OH excluding ortho intramolecular Hbond substituents is 1. The number of rotatable bonds is 5. The number of carboxylic acids is 1. The van der Waals surface area contributed by atoms with Gasteiger partial charge in [0.15, 0.2) is 6.61 Å². The summed E-state index contributed by atoms with van der Waals surface area (Å²) in [5.74, 6) is -1.42. The molecule has 7 nitrogen and oxygen atoms in total. The molecule has 1 aliphatic heterocycles. The van der Waals surface area contributed by atoms with Gasteiger partial charge in [-0.3, -0.25) is 9.59 Å². The lowest BCUT2D eigenvalue weighted by molar-refractivity contribution is -0.139. The van der Waals surface area contributed by atoms with Crippen molar-refractivity contribution in [2.75, 3.05) is 11.5 Å². The Morgan fingerprint density at radius 3 is 2.65 bits per heavy atom. The van der Waals surface area contributed by atoms with Crippen molar-refractivity contribution < 1.29 is 29.3 Å². The molecule has 2 amide bonds. The molecule has 1 aliphatic rings. The molecule has 1 saturated heterocycles. The van der Waals surface area contributed by atoms with Crippen LogP contribution in [-0.2, 0) is 9.59 Å². The third-order valence-electron chi connectivity index (χ3n) is 3.44. The molecule has 132 valence electrons. The average Bonchev–Trinajstić information content (AvgIpc) is 2.87. The van der Waals surface area contributed by atoms with Crippen molar-refractivity contribution in [2.24, 2.45) is 0 Å². The van der Waals surface area contributed by atoms with Gasteiger partial charge in [0.25, 0.3) is 11.1 Å². The van der Waals surface area contributed by atoms with Gasteiger partial charge in [-0.1, -0.05) is 24.3 Å². The molecule has 0 bridgehead atoms. The van der Waals surface area contributed by atoms with Gasteiger partial charge in [-0.15, -0.1) is 0 Å². The van der Waals surface area contributed by atoms with Crippen LogP contribution in [-0.4, -0.2) is 33.9 Å². The fraction of sp³-hybridized carbons (Fsp3) is 0.0556. The van der Waals surface area contributed by atoms with Crippen molar-refractivity contribution in [3.05, 3.63) is 59.0 Å². The molecule has 0 atom stereocenters. The number of carbonyl (C=O) groups excluding carboxylic acids is 2. The average molecular weight is 371 g/mol. The molecule has 0 unspecified atom stereocenters. The first-order valence-electron chi connectivity index (χ1n) is 7.46. The van der Waals surface area contributed by atoms with Crippen LogP contribution in [0, 0.1) is 0 Å². The summed E-state index contributed by atoms with van der Waals surface area (Å²) >= 11 is 0.755. The number of ether oxygens (including phenoxy) is 1. The Kier molecular flexibility index (Phi) is 4.94. The van der Waals surface area contributed by atoms with E-state index in [4.69, 9.17) is 9.84 Å². The highest BCUT2D eigenvalue weighted by Gasteiger charge is 2.36. The molecule has 8 heteroatoms. The summed E-state index contributed by atoms with van der Waals surface area (Å²) in [6.07, 6.45) is 1.48. The molecule has 3 rings (SSSR count). The molecule has 2 aromatic carbocycles. The fourth-order valence-electron chi connectivity index (χ4n) is 2.33. The van der Waals surface area contributed by atoms with Crippen LogP contribution in [0.5, 0.6) is 11.5 Å². The summed E-state index contributed by atoms with van der Waals surface area (Å²) < 4.78 is 5.20. The van der Waals surface area contributed by atoms with E-state index < -0.39 is 23.7 Å². The standard InChI is InChI=1S/C18H13NO6S/c20-13-6-3-5-12(9-13)19-17(23)15(26-18(19)24)8-11-4-1-2-7-14(11)25-10-16(21)22/h1-9,20H,10H2,(H,21,22)/b15-8+. The number of anilines is 1. The number of hydrogen-bond acceptors (Lipinski definition) is 6. The van der Waals surface area contributed by atoms with Gasteiger partial charge in [0.05, 0.1) is 10.6 Å². The lowest BCUT2D eigenvalue weighted by Crippen LogP contribution is -2.27. The molecular weight excluding hydrogens is 358 g/mol. The molecule has 0 aromatic heterocycles. The number of benzene rings is 2. The van der Waals surface area contributed by atoms with Crippen LogP contribution in [0.3, 0.4) is 0 Å². The molecule has 1 fully saturated rings. The first-order chi connectivity index (χ1) is 12.5. The van der Waals surface area contributed by atoms with Crippen molar-refractivity contribution in [1.29, 1.82) is 0 Å². The predicted octanol–water partition coefficient (Wildman–Crippen LogP) is 3.10. The molecular formula is C18H13NO6S. The van der Waals surface area contributed by atoms with Crippen molar-refractivity contribution in [1.82, 2.24) is 0 Å². The zero-order valence-corrected chi connectivity index (χ0v) is 14.1. The second-order valence-corrected chi connectivity index (χ2v) is 6.25. The first kappa shape index (κ1) is 17.6. The van der Waals surface area contributed by atoms with E-state index in [9.17, 15) is 19.5 Å². The lowest BCUT2D eigenvalue weighted by Gasteiger charge is -2.12. The minimum absolute atomic E-state index is 0.0575. The second kappa shape index (κ2) is 7.32. The Morgan fingerprint density at radius 2 is 1.92 bits per heavy atom. The zero-order chi connectivity index (χ0) is 18.7. The summed E-state index contributed by atoms with van der Waals surface area (Å²) in [5.41, 5.74) is 0.751. The number of nitrogens with zero attached hydrogens (tertiary/aromatic N) is 1. The van der Waals surface area contributed by atoms with Crippen LogP contribution < -0.4 is 9.64 Å². The van der Waals surface area contributed by atoms with Crippen LogP contribution in [0.4, 0.5) is 10.5 Å². The summed E-state index contributed by atoms with van der Waals surface area (Å²) in [6, 6.07) is 12.5. The maximum Gasteiger partial charge on any atom is 0.341 e. The third-order valence-corrected chi connectivity index (χ3v) is 4.31. The topological polar surface area (TPSA) is 104 Å². The summed E-state index contributed by atoms with van der Waals surface area (Å²) in [4.78, 5) is 36.7. The van der Waals surface area contributed by atoms with E-state index in [0.29, 0.717) is 11.3 Å². The number of imide groups is 1. The monoisotopic (exact) mass is 371 g/mol. The lowest BCUT2D eigenvalue weighted by atomic mass is 10.2. The SMILES string of the molecule is O=C(O)COc1ccccc1/C=C1/SC(=O)N(c2cccc(O)c2)C1=O. The predicted molar refractivity (Wildman–Crippen MR) is 96.1 cm³/mol. The Morgan fingerprint density at radius 1 is 1.15 bits per heavy atom. The number of para-hydroxylation sites is 1.